The molecule has 0 aliphatic heterocycles. The Morgan fingerprint density at radius 1 is 0.615 bits per heavy atom. The lowest BCUT2D eigenvalue weighted by molar-refractivity contribution is 0.0618. The first-order valence-corrected chi connectivity index (χ1v) is 6.74. The number of carboxylic acid groups (broad SMARTS) is 4. The van der Waals surface area contributed by atoms with Crippen LogP contribution in [0.5, 0.6) is 11.5 Å². The van der Waals surface area contributed by atoms with Gasteiger partial charge in [0.05, 0.1) is 16.7 Å². The van der Waals surface area contributed by atoms with Crippen LogP contribution >= 0.6 is 0 Å². The number of hydrogen-bond donors (Lipinski definition) is 6. The number of hydrogen-bond acceptors (Lipinski definition) is 6. The maximum Gasteiger partial charge on any atom is 0.340 e. The normalized spacial score (nSPS) is 10.3. The molecule has 10 heteroatoms. The summed E-state index contributed by atoms with van der Waals surface area (Å²) in [5.41, 5.74) is -6.41. The molecule has 0 spiro atoms. The Bertz CT molecular complexity index is 973. The number of para-hydroxylation sites is 1. The van der Waals surface area contributed by atoms with Gasteiger partial charge >= 0.3 is 23.9 Å². The third-order valence-corrected chi connectivity index (χ3v) is 3.50. The first-order valence-electron chi connectivity index (χ1n) is 6.74. The Labute approximate surface area is 143 Å². The Hall–Kier alpha value is -4.08. The zero-order chi connectivity index (χ0) is 19.8. The van der Waals surface area contributed by atoms with E-state index in [0.29, 0.717) is 0 Å². The highest BCUT2D eigenvalue weighted by atomic mass is 16.4. The molecule has 6 N–H and O–H groups in total. The predicted octanol–water partition coefficient (Wildman–Crippen LogP) is 1.56. The van der Waals surface area contributed by atoms with Gasteiger partial charge in [-0.05, 0) is 6.07 Å². The van der Waals surface area contributed by atoms with E-state index in [1.54, 1.807) is 0 Å². The molecule has 0 aliphatic rings. The Morgan fingerprint density at radius 3 is 1.46 bits per heavy atom. The van der Waals surface area contributed by atoms with Gasteiger partial charge < -0.3 is 30.6 Å². The van der Waals surface area contributed by atoms with Crippen LogP contribution in [0.25, 0.3) is 11.1 Å². The van der Waals surface area contributed by atoms with Crippen molar-refractivity contribution in [2.24, 2.45) is 0 Å². The second kappa shape index (κ2) is 6.43. The minimum absolute atomic E-state index is 0.385. The van der Waals surface area contributed by atoms with Crippen LogP contribution in [0, 0.1) is 0 Å². The van der Waals surface area contributed by atoms with Gasteiger partial charge in [0.15, 0.2) is 0 Å². The maximum atomic E-state index is 11.6. The van der Waals surface area contributed by atoms with Gasteiger partial charge in [0.2, 0.25) is 0 Å². The molecule has 2 rings (SSSR count). The maximum absolute atomic E-state index is 11.6. The third-order valence-electron chi connectivity index (χ3n) is 3.50. The average Bonchev–Trinajstić information content (AvgIpc) is 2.53. The van der Waals surface area contributed by atoms with E-state index >= 15 is 0 Å². The van der Waals surface area contributed by atoms with E-state index in [0.717, 1.165) is 12.1 Å². The van der Waals surface area contributed by atoms with E-state index in [2.05, 4.69) is 0 Å². The van der Waals surface area contributed by atoms with E-state index in [1.807, 2.05) is 0 Å². The molecule has 0 saturated carbocycles. The lowest BCUT2D eigenvalue weighted by Gasteiger charge is -2.17. The second-order valence-corrected chi connectivity index (χ2v) is 4.96. The number of carboxylic acids is 4. The molecule has 0 aromatic heterocycles. The highest BCUT2D eigenvalue weighted by Crippen LogP contribution is 2.43. The van der Waals surface area contributed by atoms with Crippen molar-refractivity contribution in [3.63, 3.8) is 0 Å². The van der Waals surface area contributed by atoms with Crippen LogP contribution in [-0.4, -0.2) is 54.5 Å². The number of carbonyl (C=O) groups is 4. The fraction of sp³-hybridized carbons (Fsp3) is 0. The summed E-state index contributed by atoms with van der Waals surface area (Å²) in [7, 11) is 0. The van der Waals surface area contributed by atoms with Crippen LogP contribution in [-0.2, 0) is 0 Å². The van der Waals surface area contributed by atoms with Crippen LogP contribution in [0.1, 0.15) is 41.4 Å². The van der Waals surface area contributed by atoms with E-state index in [1.165, 1.54) is 12.1 Å². The molecule has 0 amide bonds. The molecule has 26 heavy (non-hydrogen) atoms. The highest BCUT2D eigenvalue weighted by Gasteiger charge is 2.37. The van der Waals surface area contributed by atoms with E-state index in [9.17, 15) is 49.8 Å². The quantitative estimate of drug-likeness (QED) is 0.455. The first kappa shape index (κ1) is 18.3. The summed E-state index contributed by atoms with van der Waals surface area (Å²) in [4.78, 5) is 46.0. The average molecular weight is 362 g/mol. The Morgan fingerprint density at radius 2 is 1.04 bits per heavy atom. The van der Waals surface area contributed by atoms with Crippen molar-refractivity contribution in [3.8, 4) is 22.6 Å². The fourth-order valence-electron chi connectivity index (χ4n) is 2.53. The molecule has 0 radical (unpaired) electrons. The van der Waals surface area contributed by atoms with Crippen LogP contribution in [0.3, 0.4) is 0 Å². The summed E-state index contributed by atoms with van der Waals surface area (Å²) in [5, 5.41) is 57.4. The van der Waals surface area contributed by atoms with Gasteiger partial charge in [-0.3, -0.25) is 0 Å². The fourth-order valence-corrected chi connectivity index (χ4v) is 2.53. The molecule has 0 unspecified atom stereocenters. The molecular formula is C16H10O10. The number of aromatic hydroxyl groups is 2. The largest absolute Gasteiger partial charge is 0.507 e. The van der Waals surface area contributed by atoms with Crippen molar-refractivity contribution in [1.29, 1.82) is 0 Å². The monoisotopic (exact) mass is 362 g/mol. The summed E-state index contributed by atoms with van der Waals surface area (Å²) < 4.78 is 0. The van der Waals surface area contributed by atoms with Crippen molar-refractivity contribution in [1.82, 2.24) is 0 Å². The van der Waals surface area contributed by atoms with Gasteiger partial charge in [-0.1, -0.05) is 18.2 Å². The predicted molar refractivity (Wildman–Crippen MR) is 83.0 cm³/mol. The lowest BCUT2D eigenvalue weighted by Crippen LogP contribution is -2.21. The van der Waals surface area contributed by atoms with Crippen molar-refractivity contribution in [3.05, 3.63) is 46.5 Å². The van der Waals surface area contributed by atoms with Crippen LogP contribution in [0.2, 0.25) is 0 Å². The Balaban J connectivity index is 3.23. The molecule has 0 saturated heterocycles. The summed E-state index contributed by atoms with van der Waals surface area (Å²) in [6.45, 7) is 0. The number of benzene rings is 2. The number of phenolic OH excluding ortho intramolecular Hbond substituents is 1. The second-order valence-electron chi connectivity index (χ2n) is 4.96. The topological polar surface area (TPSA) is 190 Å². The van der Waals surface area contributed by atoms with Crippen LogP contribution < -0.4 is 0 Å². The standard InChI is InChI=1S/C16H10O10/c17-6-4-2-1-3-5(6)7-8(13(19)20)9(14(21)22)10(15(23)24)11(12(7)18)16(25)26/h1-4,17-18H,(H,19,20)(H,21,22)(H,23,24)(H,25,26). The van der Waals surface area contributed by atoms with Crippen molar-refractivity contribution in [2.45, 2.75) is 0 Å². The molecule has 10 nitrogen and oxygen atoms in total. The number of phenols is 2. The van der Waals surface area contributed by atoms with Crippen molar-refractivity contribution < 1.29 is 49.8 Å². The summed E-state index contributed by atoms with van der Waals surface area (Å²) in [5.74, 6) is -9.88. The molecule has 0 aliphatic carbocycles. The van der Waals surface area contributed by atoms with Gasteiger partial charge in [-0.15, -0.1) is 0 Å². The number of rotatable bonds is 5. The first-order chi connectivity index (χ1) is 12.1. The third kappa shape index (κ3) is 2.75. The minimum atomic E-state index is -2.05. The Kier molecular flexibility index (Phi) is 4.52. The summed E-state index contributed by atoms with van der Waals surface area (Å²) in [6.07, 6.45) is 0. The molecule has 0 bridgehead atoms. The molecule has 134 valence electrons. The van der Waals surface area contributed by atoms with E-state index in [4.69, 9.17) is 0 Å². The van der Waals surface area contributed by atoms with E-state index in [-0.39, 0.29) is 5.56 Å². The molecule has 0 fully saturated rings. The van der Waals surface area contributed by atoms with Gasteiger partial charge in [-0.2, -0.15) is 0 Å². The molecule has 2 aromatic rings. The van der Waals surface area contributed by atoms with Crippen LogP contribution in [0.15, 0.2) is 24.3 Å². The molecule has 0 atom stereocenters. The summed E-state index contributed by atoms with van der Waals surface area (Å²) >= 11 is 0. The number of aromatic carboxylic acids is 4. The van der Waals surface area contributed by atoms with Gasteiger partial charge in [-0.25, -0.2) is 19.2 Å². The van der Waals surface area contributed by atoms with Crippen LogP contribution in [0.4, 0.5) is 0 Å². The van der Waals surface area contributed by atoms with Gasteiger partial charge in [0, 0.05) is 11.1 Å². The molecule has 0 heterocycles. The zero-order valence-corrected chi connectivity index (χ0v) is 12.6. The van der Waals surface area contributed by atoms with Crippen molar-refractivity contribution >= 4 is 23.9 Å². The zero-order valence-electron chi connectivity index (χ0n) is 12.6. The minimum Gasteiger partial charge on any atom is -0.507 e. The van der Waals surface area contributed by atoms with Gasteiger partial charge in [0.1, 0.15) is 17.1 Å². The molecule has 2 aromatic carbocycles. The molecular weight excluding hydrogens is 352 g/mol. The SMILES string of the molecule is O=C(O)c1c(O)c(-c2ccccc2O)c(C(=O)O)c(C(=O)O)c1C(=O)O. The van der Waals surface area contributed by atoms with E-state index < -0.39 is 63.2 Å². The van der Waals surface area contributed by atoms with Crippen molar-refractivity contribution in [2.75, 3.05) is 0 Å². The van der Waals surface area contributed by atoms with Gasteiger partial charge in [0.25, 0.3) is 0 Å². The smallest absolute Gasteiger partial charge is 0.340 e. The highest BCUT2D eigenvalue weighted by molar-refractivity contribution is 6.18. The summed E-state index contributed by atoms with van der Waals surface area (Å²) in [6, 6.07) is 4.85. The lowest BCUT2D eigenvalue weighted by atomic mass is 9.86.